The topological polar surface area (TPSA) is 83.6 Å². The molecule has 1 unspecified atom stereocenters. The molecule has 0 spiro atoms. The van der Waals surface area contributed by atoms with E-state index < -0.39 is 15.4 Å². The minimum absolute atomic E-state index is 0.00889. The van der Waals surface area contributed by atoms with E-state index in [0.717, 1.165) is 38.8 Å². The Balaban J connectivity index is 2.20. The smallest absolute Gasteiger partial charge is 0.151 e. The van der Waals surface area contributed by atoms with Gasteiger partial charge in [-0.05, 0) is 39.3 Å². The summed E-state index contributed by atoms with van der Waals surface area (Å²) in [4.78, 5) is 2.22. The lowest BCUT2D eigenvalue weighted by Gasteiger charge is -2.23. The summed E-state index contributed by atoms with van der Waals surface area (Å²) in [6, 6.07) is 0. The first-order chi connectivity index (χ1) is 8.35. The van der Waals surface area contributed by atoms with E-state index in [1.165, 1.54) is 0 Å². The molecule has 1 aliphatic rings. The summed E-state index contributed by atoms with van der Waals surface area (Å²) in [6.45, 7) is 4.32. The van der Waals surface area contributed by atoms with Gasteiger partial charge in [-0.15, -0.1) is 0 Å². The van der Waals surface area contributed by atoms with Gasteiger partial charge >= 0.3 is 0 Å². The van der Waals surface area contributed by atoms with Crippen molar-refractivity contribution in [2.24, 2.45) is 5.73 Å². The largest absolute Gasteiger partial charge is 0.394 e. The molecule has 0 aliphatic carbocycles. The van der Waals surface area contributed by atoms with Crippen molar-refractivity contribution in [2.45, 2.75) is 38.1 Å². The van der Waals surface area contributed by atoms with Gasteiger partial charge in [-0.2, -0.15) is 0 Å². The third kappa shape index (κ3) is 6.13. The number of hydrogen-bond acceptors (Lipinski definition) is 5. The molecule has 0 aromatic rings. The molecule has 1 rings (SSSR count). The number of unbranched alkanes of at least 4 members (excludes halogenated alkanes) is 1. The molecule has 3 N–H and O–H groups in total. The number of aliphatic hydroxyl groups is 1. The second-order valence-electron chi connectivity index (χ2n) is 5.62. The van der Waals surface area contributed by atoms with Gasteiger partial charge in [-0.3, -0.25) is 0 Å². The fourth-order valence-corrected chi connectivity index (χ4v) is 3.47. The number of nitrogens with two attached hydrogens (primary N) is 1. The Hall–Kier alpha value is -0.170. The lowest BCUT2D eigenvalue weighted by atomic mass is 9.97. The van der Waals surface area contributed by atoms with Crippen molar-refractivity contribution in [1.29, 1.82) is 0 Å². The van der Waals surface area contributed by atoms with Crippen molar-refractivity contribution in [1.82, 2.24) is 4.90 Å². The number of rotatable bonds is 6. The molecule has 0 aromatic heterocycles. The van der Waals surface area contributed by atoms with Gasteiger partial charge in [0.1, 0.15) is 0 Å². The highest BCUT2D eigenvalue weighted by molar-refractivity contribution is 7.91. The molecule has 108 valence electrons. The summed E-state index contributed by atoms with van der Waals surface area (Å²) in [5.41, 5.74) is 5.37. The van der Waals surface area contributed by atoms with Crippen molar-refractivity contribution < 1.29 is 13.5 Å². The summed E-state index contributed by atoms with van der Waals surface area (Å²) in [5.74, 6) is 0.618. The van der Waals surface area contributed by atoms with E-state index in [2.05, 4.69) is 4.90 Å². The van der Waals surface area contributed by atoms with E-state index in [0.29, 0.717) is 12.3 Å². The van der Waals surface area contributed by atoms with Gasteiger partial charge in [0, 0.05) is 12.1 Å². The van der Waals surface area contributed by atoms with E-state index in [1.54, 1.807) is 0 Å². The summed E-state index contributed by atoms with van der Waals surface area (Å²) in [6.07, 6.45) is 3.52. The SMILES string of the molecule is CC(N)(CO)CCCCN1CCCS(=O)(=O)CC1. The third-order valence-electron chi connectivity index (χ3n) is 3.48. The average Bonchev–Trinajstić information content (AvgIpc) is 2.46. The van der Waals surface area contributed by atoms with Gasteiger partial charge in [0.15, 0.2) is 9.84 Å². The predicted molar refractivity (Wildman–Crippen MR) is 73.2 cm³/mol. The summed E-state index contributed by atoms with van der Waals surface area (Å²) >= 11 is 0. The Kier molecular flexibility index (Phi) is 6.04. The zero-order valence-electron chi connectivity index (χ0n) is 11.3. The molecule has 1 saturated heterocycles. The minimum Gasteiger partial charge on any atom is -0.394 e. The number of sulfone groups is 1. The Morgan fingerprint density at radius 1 is 1.28 bits per heavy atom. The Morgan fingerprint density at radius 3 is 2.67 bits per heavy atom. The van der Waals surface area contributed by atoms with Gasteiger partial charge in [0.2, 0.25) is 0 Å². The molecule has 0 saturated carbocycles. The van der Waals surface area contributed by atoms with Crippen LogP contribution in [-0.2, 0) is 9.84 Å². The van der Waals surface area contributed by atoms with Crippen LogP contribution in [0.1, 0.15) is 32.6 Å². The van der Waals surface area contributed by atoms with Crippen LogP contribution < -0.4 is 5.73 Å². The maximum Gasteiger partial charge on any atom is 0.151 e. The Bertz CT molecular complexity index is 341. The van der Waals surface area contributed by atoms with E-state index in [1.807, 2.05) is 6.92 Å². The highest BCUT2D eigenvalue weighted by Crippen LogP contribution is 2.11. The molecule has 0 aromatic carbocycles. The fourth-order valence-electron chi connectivity index (χ4n) is 2.16. The lowest BCUT2D eigenvalue weighted by Crippen LogP contribution is -2.40. The van der Waals surface area contributed by atoms with Gasteiger partial charge in [0.25, 0.3) is 0 Å². The lowest BCUT2D eigenvalue weighted by molar-refractivity contribution is 0.194. The molecule has 0 radical (unpaired) electrons. The first kappa shape index (κ1) is 15.9. The zero-order valence-corrected chi connectivity index (χ0v) is 12.1. The van der Waals surface area contributed by atoms with Gasteiger partial charge in [0.05, 0.1) is 18.1 Å². The van der Waals surface area contributed by atoms with Crippen molar-refractivity contribution in [3.05, 3.63) is 0 Å². The second-order valence-corrected chi connectivity index (χ2v) is 7.92. The summed E-state index contributed by atoms with van der Waals surface area (Å²) in [5, 5.41) is 9.03. The van der Waals surface area contributed by atoms with Gasteiger partial charge in [-0.1, -0.05) is 6.42 Å². The molecule has 6 heteroatoms. The van der Waals surface area contributed by atoms with Crippen molar-refractivity contribution in [2.75, 3.05) is 37.7 Å². The predicted octanol–water partition coefficient (Wildman–Crippen LogP) is -0.0131. The van der Waals surface area contributed by atoms with Crippen LogP contribution in [0.3, 0.4) is 0 Å². The first-order valence-corrected chi connectivity index (χ1v) is 8.49. The summed E-state index contributed by atoms with van der Waals surface area (Å²) < 4.78 is 22.9. The zero-order chi connectivity index (χ0) is 13.6. The highest BCUT2D eigenvalue weighted by atomic mass is 32.2. The molecule has 0 amide bonds. The number of nitrogens with zero attached hydrogens (tertiary/aromatic N) is 1. The maximum atomic E-state index is 11.4. The quantitative estimate of drug-likeness (QED) is 0.668. The van der Waals surface area contributed by atoms with Gasteiger partial charge in [-0.25, -0.2) is 8.42 Å². The molecule has 5 nitrogen and oxygen atoms in total. The van der Waals surface area contributed by atoms with E-state index >= 15 is 0 Å². The standard InChI is InChI=1S/C12H26N2O3S/c1-12(13,11-15)5-2-3-6-14-7-4-9-18(16,17)10-8-14/h15H,2-11,13H2,1H3. The molecule has 1 aliphatic heterocycles. The Morgan fingerprint density at radius 2 is 2.00 bits per heavy atom. The average molecular weight is 278 g/mol. The molecule has 0 bridgehead atoms. The number of hydrogen-bond donors (Lipinski definition) is 2. The fraction of sp³-hybridized carbons (Fsp3) is 1.00. The molecular weight excluding hydrogens is 252 g/mol. The normalized spacial score (nSPS) is 24.4. The molecular formula is C12H26N2O3S. The van der Waals surface area contributed by atoms with Crippen molar-refractivity contribution in [3.63, 3.8) is 0 Å². The van der Waals surface area contributed by atoms with E-state index in [-0.39, 0.29) is 12.4 Å². The van der Waals surface area contributed by atoms with Gasteiger partial charge < -0.3 is 15.7 Å². The van der Waals surface area contributed by atoms with E-state index in [4.69, 9.17) is 10.8 Å². The number of aliphatic hydroxyl groups excluding tert-OH is 1. The van der Waals surface area contributed by atoms with Crippen LogP contribution in [-0.4, -0.2) is 61.7 Å². The molecule has 1 atom stereocenters. The van der Waals surface area contributed by atoms with E-state index in [9.17, 15) is 8.42 Å². The summed E-state index contributed by atoms with van der Waals surface area (Å²) in [7, 11) is -2.80. The first-order valence-electron chi connectivity index (χ1n) is 6.67. The Labute approximate surface area is 110 Å². The minimum atomic E-state index is -2.80. The van der Waals surface area contributed by atoms with Crippen LogP contribution in [0.2, 0.25) is 0 Å². The van der Waals surface area contributed by atoms with Crippen molar-refractivity contribution >= 4 is 9.84 Å². The van der Waals surface area contributed by atoms with Crippen LogP contribution in [0.15, 0.2) is 0 Å². The van der Waals surface area contributed by atoms with Crippen LogP contribution in [0, 0.1) is 0 Å². The van der Waals surface area contributed by atoms with Crippen LogP contribution in [0.25, 0.3) is 0 Å². The van der Waals surface area contributed by atoms with Crippen molar-refractivity contribution in [3.8, 4) is 0 Å². The maximum absolute atomic E-state index is 11.4. The highest BCUT2D eigenvalue weighted by Gasteiger charge is 2.19. The monoisotopic (exact) mass is 278 g/mol. The molecule has 18 heavy (non-hydrogen) atoms. The molecule has 1 heterocycles. The third-order valence-corrected chi connectivity index (χ3v) is 5.20. The molecule has 1 fully saturated rings. The van der Waals surface area contributed by atoms with Crippen LogP contribution in [0.5, 0.6) is 0 Å². The van der Waals surface area contributed by atoms with Crippen LogP contribution >= 0.6 is 0 Å². The second kappa shape index (κ2) is 6.84. The van der Waals surface area contributed by atoms with Crippen LogP contribution in [0.4, 0.5) is 0 Å².